The van der Waals surface area contributed by atoms with Gasteiger partial charge in [0.1, 0.15) is 5.03 Å². The Morgan fingerprint density at radius 3 is 2.57 bits per heavy atom. The van der Waals surface area contributed by atoms with E-state index in [4.69, 9.17) is 0 Å². The number of pyridine rings is 1. The SMILES string of the molecule is CC(NC(=O)c1ccc(NC(=O)N2CCSc3ncccc32)cc1)c1ccccc1. The molecule has 30 heavy (non-hydrogen) atoms. The predicted molar refractivity (Wildman–Crippen MR) is 120 cm³/mol. The van der Waals surface area contributed by atoms with Crippen molar-refractivity contribution in [2.24, 2.45) is 0 Å². The molecule has 4 rings (SSSR count). The molecule has 6 nitrogen and oxygen atoms in total. The van der Waals surface area contributed by atoms with E-state index in [1.165, 1.54) is 0 Å². The number of amides is 3. The zero-order valence-electron chi connectivity index (χ0n) is 16.5. The Bertz CT molecular complexity index is 1040. The average Bonchev–Trinajstić information content (AvgIpc) is 2.79. The number of rotatable bonds is 4. The molecule has 3 amide bonds. The van der Waals surface area contributed by atoms with Gasteiger partial charge in [-0.2, -0.15) is 0 Å². The van der Waals surface area contributed by atoms with Crippen LogP contribution in [-0.4, -0.2) is 29.2 Å². The van der Waals surface area contributed by atoms with Crippen molar-refractivity contribution in [2.75, 3.05) is 22.5 Å². The largest absolute Gasteiger partial charge is 0.346 e. The van der Waals surface area contributed by atoms with Crippen LogP contribution in [0.5, 0.6) is 0 Å². The molecule has 7 heteroatoms. The lowest BCUT2D eigenvalue weighted by atomic mass is 10.1. The number of nitrogens with one attached hydrogen (secondary N) is 2. The van der Waals surface area contributed by atoms with E-state index in [-0.39, 0.29) is 18.0 Å². The molecule has 0 spiro atoms. The standard InChI is InChI=1S/C23H22N4O2S/c1-16(17-6-3-2-4-7-17)25-21(28)18-9-11-19(12-10-18)26-23(29)27-14-15-30-22-20(27)8-5-13-24-22/h2-13,16H,14-15H2,1H3,(H,25,28)(H,26,29). The van der Waals surface area contributed by atoms with Gasteiger partial charge < -0.3 is 10.6 Å². The number of urea groups is 1. The van der Waals surface area contributed by atoms with E-state index in [0.29, 0.717) is 17.8 Å². The summed E-state index contributed by atoms with van der Waals surface area (Å²) in [5, 5.41) is 6.75. The monoisotopic (exact) mass is 418 g/mol. The number of carbonyl (C=O) groups is 2. The normalized spacial score (nSPS) is 13.8. The second kappa shape index (κ2) is 9.00. The molecule has 152 valence electrons. The summed E-state index contributed by atoms with van der Waals surface area (Å²) >= 11 is 1.65. The van der Waals surface area contributed by atoms with Crippen LogP contribution < -0.4 is 15.5 Å². The zero-order chi connectivity index (χ0) is 20.9. The van der Waals surface area contributed by atoms with Gasteiger partial charge in [-0.05, 0) is 48.9 Å². The highest BCUT2D eigenvalue weighted by Crippen LogP contribution is 2.32. The molecule has 1 aliphatic heterocycles. The molecule has 0 fully saturated rings. The number of anilines is 2. The van der Waals surface area contributed by atoms with Gasteiger partial charge in [0.05, 0.1) is 11.7 Å². The van der Waals surface area contributed by atoms with Gasteiger partial charge in [0, 0.05) is 29.7 Å². The van der Waals surface area contributed by atoms with E-state index < -0.39 is 0 Å². The lowest BCUT2D eigenvalue weighted by molar-refractivity contribution is 0.0940. The van der Waals surface area contributed by atoms with Crippen LogP contribution in [0, 0.1) is 0 Å². The van der Waals surface area contributed by atoms with E-state index >= 15 is 0 Å². The van der Waals surface area contributed by atoms with Crippen molar-refractivity contribution in [1.29, 1.82) is 0 Å². The van der Waals surface area contributed by atoms with Gasteiger partial charge in [-0.25, -0.2) is 9.78 Å². The Hall–Kier alpha value is -3.32. The van der Waals surface area contributed by atoms with Crippen molar-refractivity contribution in [3.63, 3.8) is 0 Å². The van der Waals surface area contributed by atoms with Crippen molar-refractivity contribution >= 4 is 35.1 Å². The van der Waals surface area contributed by atoms with Gasteiger partial charge in [-0.3, -0.25) is 9.69 Å². The highest BCUT2D eigenvalue weighted by atomic mass is 32.2. The summed E-state index contributed by atoms with van der Waals surface area (Å²) in [6.07, 6.45) is 1.73. The number of fused-ring (bicyclic) bond motifs is 1. The van der Waals surface area contributed by atoms with Crippen molar-refractivity contribution < 1.29 is 9.59 Å². The molecule has 2 heterocycles. The third-order valence-corrected chi connectivity index (χ3v) is 5.86. The molecule has 0 saturated heterocycles. The number of thioether (sulfide) groups is 1. The molecule has 1 atom stereocenters. The fourth-order valence-electron chi connectivity index (χ4n) is 3.26. The van der Waals surface area contributed by atoms with Gasteiger partial charge >= 0.3 is 6.03 Å². The topological polar surface area (TPSA) is 74.3 Å². The Morgan fingerprint density at radius 2 is 1.80 bits per heavy atom. The van der Waals surface area contributed by atoms with E-state index in [1.54, 1.807) is 47.1 Å². The highest BCUT2D eigenvalue weighted by Gasteiger charge is 2.23. The smallest absolute Gasteiger partial charge is 0.326 e. The minimum atomic E-state index is -0.209. The van der Waals surface area contributed by atoms with Gasteiger partial charge in [0.2, 0.25) is 0 Å². The number of hydrogen-bond acceptors (Lipinski definition) is 4. The van der Waals surface area contributed by atoms with E-state index in [9.17, 15) is 9.59 Å². The fourth-order valence-corrected chi connectivity index (χ4v) is 4.19. The molecule has 2 aromatic carbocycles. The predicted octanol–water partition coefficient (Wildman–Crippen LogP) is 4.72. The van der Waals surface area contributed by atoms with E-state index in [2.05, 4.69) is 15.6 Å². The lowest BCUT2D eigenvalue weighted by Crippen LogP contribution is -2.38. The molecule has 3 aromatic rings. The molecular weight excluding hydrogens is 396 g/mol. The van der Waals surface area contributed by atoms with E-state index in [1.807, 2.05) is 49.4 Å². The second-order valence-electron chi connectivity index (χ2n) is 6.94. The zero-order valence-corrected chi connectivity index (χ0v) is 17.4. The van der Waals surface area contributed by atoms with Crippen molar-refractivity contribution in [3.05, 3.63) is 84.1 Å². The molecule has 2 N–H and O–H groups in total. The Morgan fingerprint density at radius 1 is 1.03 bits per heavy atom. The summed E-state index contributed by atoms with van der Waals surface area (Å²) in [5.41, 5.74) is 3.04. The molecule has 0 radical (unpaired) electrons. The quantitative estimate of drug-likeness (QED) is 0.643. The molecular formula is C23H22N4O2S. The van der Waals surface area contributed by atoms with Crippen LogP contribution in [0.2, 0.25) is 0 Å². The third-order valence-electron chi connectivity index (χ3n) is 4.89. The first-order valence-corrected chi connectivity index (χ1v) is 10.7. The van der Waals surface area contributed by atoms with Gasteiger partial charge in [0.25, 0.3) is 5.91 Å². The van der Waals surface area contributed by atoms with Crippen molar-refractivity contribution in [3.8, 4) is 0 Å². The second-order valence-corrected chi connectivity index (χ2v) is 8.02. The van der Waals surface area contributed by atoms with Crippen LogP contribution in [0.15, 0.2) is 78.0 Å². The fraction of sp³-hybridized carbons (Fsp3) is 0.174. The lowest BCUT2D eigenvalue weighted by Gasteiger charge is -2.28. The van der Waals surface area contributed by atoms with Crippen LogP contribution in [0.1, 0.15) is 28.9 Å². The Labute approximate surface area is 179 Å². The molecule has 1 aliphatic rings. The van der Waals surface area contributed by atoms with Crippen LogP contribution >= 0.6 is 11.8 Å². The summed E-state index contributed by atoms with van der Waals surface area (Å²) in [7, 11) is 0. The number of aromatic nitrogens is 1. The van der Waals surface area contributed by atoms with E-state index in [0.717, 1.165) is 22.0 Å². The average molecular weight is 419 g/mol. The number of benzene rings is 2. The van der Waals surface area contributed by atoms with Crippen LogP contribution in [0.4, 0.5) is 16.2 Å². The number of carbonyl (C=O) groups excluding carboxylic acids is 2. The molecule has 1 aromatic heterocycles. The molecule has 0 bridgehead atoms. The van der Waals surface area contributed by atoms with Crippen molar-refractivity contribution in [2.45, 2.75) is 18.0 Å². The summed E-state index contributed by atoms with van der Waals surface area (Å²) in [6.45, 7) is 2.57. The molecule has 0 saturated carbocycles. The first-order chi connectivity index (χ1) is 14.6. The summed E-state index contributed by atoms with van der Waals surface area (Å²) in [6, 6.07) is 20.1. The van der Waals surface area contributed by atoms with Gasteiger partial charge in [0.15, 0.2) is 0 Å². The molecule has 1 unspecified atom stereocenters. The molecule has 0 aliphatic carbocycles. The van der Waals surface area contributed by atoms with Crippen LogP contribution in [-0.2, 0) is 0 Å². The summed E-state index contributed by atoms with van der Waals surface area (Å²) in [4.78, 5) is 31.3. The number of nitrogens with zero attached hydrogens (tertiary/aromatic N) is 2. The third kappa shape index (κ3) is 4.46. The van der Waals surface area contributed by atoms with Crippen LogP contribution in [0.25, 0.3) is 0 Å². The van der Waals surface area contributed by atoms with Crippen molar-refractivity contribution in [1.82, 2.24) is 10.3 Å². The Kier molecular flexibility index (Phi) is 5.99. The summed E-state index contributed by atoms with van der Waals surface area (Å²) in [5.74, 6) is 0.646. The number of hydrogen-bond donors (Lipinski definition) is 2. The van der Waals surface area contributed by atoms with Gasteiger partial charge in [-0.1, -0.05) is 30.3 Å². The maximum atomic E-state index is 12.7. The minimum Gasteiger partial charge on any atom is -0.346 e. The van der Waals surface area contributed by atoms with Crippen LogP contribution in [0.3, 0.4) is 0 Å². The maximum absolute atomic E-state index is 12.7. The Balaban J connectivity index is 1.39. The maximum Gasteiger partial charge on any atom is 0.326 e. The highest BCUT2D eigenvalue weighted by molar-refractivity contribution is 7.99. The first kappa shape index (κ1) is 20.0. The first-order valence-electron chi connectivity index (χ1n) is 9.74. The summed E-state index contributed by atoms with van der Waals surface area (Å²) < 4.78 is 0. The minimum absolute atomic E-state index is 0.0938. The van der Waals surface area contributed by atoms with Gasteiger partial charge in [-0.15, -0.1) is 11.8 Å².